The fourth-order valence-electron chi connectivity index (χ4n) is 2.77. The highest BCUT2D eigenvalue weighted by Gasteiger charge is 2.19. The maximum Gasteiger partial charge on any atom is 0.279 e. The van der Waals surface area contributed by atoms with Crippen LogP contribution in [-0.2, 0) is 9.59 Å². The number of benzene rings is 2. The number of hydrogen-bond acceptors (Lipinski definition) is 3. The van der Waals surface area contributed by atoms with Gasteiger partial charge in [-0.15, -0.1) is 0 Å². The van der Waals surface area contributed by atoms with E-state index in [4.69, 9.17) is 4.74 Å². The van der Waals surface area contributed by atoms with Gasteiger partial charge in [0.2, 0.25) is 0 Å². The van der Waals surface area contributed by atoms with Crippen LogP contribution in [0.25, 0.3) is 0 Å². The number of hydrogen-bond donors (Lipinski definition) is 3. The highest BCUT2D eigenvalue weighted by molar-refractivity contribution is 5.94. The second-order valence-corrected chi connectivity index (χ2v) is 6.27. The van der Waals surface area contributed by atoms with Gasteiger partial charge >= 0.3 is 0 Å². The highest BCUT2D eigenvalue weighted by atomic mass is 19.1. The molecule has 2 aromatic carbocycles. The summed E-state index contributed by atoms with van der Waals surface area (Å²) in [4.78, 5) is 25.3. The van der Waals surface area contributed by atoms with Gasteiger partial charge in [0, 0.05) is 6.07 Å². The first-order valence-electron chi connectivity index (χ1n) is 8.94. The highest BCUT2D eigenvalue weighted by Crippen LogP contribution is 2.22. The lowest BCUT2D eigenvalue weighted by molar-refractivity contribution is -0.883. The summed E-state index contributed by atoms with van der Waals surface area (Å²) in [5, 5.41) is 5.18. The normalized spacial score (nSPS) is 11.6. The zero-order chi connectivity index (χ0) is 20.5. The third-order valence-corrected chi connectivity index (χ3v) is 4.01. The van der Waals surface area contributed by atoms with Crippen molar-refractivity contribution in [3.8, 4) is 5.75 Å². The Hall–Kier alpha value is -3.00. The molecule has 1 unspecified atom stereocenters. The molecule has 0 saturated heterocycles. The van der Waals surface area contributed by atoms with E-state index in [-0.39, 0.29) is 24.7 Å². The number of rotatable bonds is 9. The van der Waals surface area contributed by atoms with E-state index in [0.717, 1.165) is 23.5 Å². The molecule has 2 amide bonds. The van der Waals surface area contributed by atoms with Gasteiger partial charge in [-0.2, -0.15) is 0 Å². The fraction of sp³-hybridized carbons (Fsp3) is 0.300. The summed E-state index contributed by atoms with van der Waals surface area (Å²) in [6.45, 7) is 2.56. The minimum Gasteiger partial charge on any atom is -0.495 e. The molecule has 0 fully saturated rings. The van der Waals surface area contributed by atoms with Crippen molar-refractivity contribution in [2.45, 2.75) is 13.3 Å². The van der Waals surface area contributed by atoms with Gasteiger partial charge in [-0.3, -0.25) is 9.59 Å². The molecule has 150 valence electrons. The first kappa shape index (κ1) is 21.3. The van der Waals surface area contributed by atoms with Crippen molar-refractivity contribution in [1.82, 2.24) is 0 Å². The first-order chi connectivity index (χ1) is 13.4. The van der Waals surface area contributed by atoms with Gasteiger partial charge < -0.3 is 20.3 Å². The van der Waals surface area contributed by atoms with Gasteiger partial charge in [-0.25, -0.2) is 8.78 Å². The average Bonchev–Trinajstić information content (AvgIpc) is 2.64. The van der Waals surface area contributed by atoms with Crippen molar-refractivity contribution in [2.75, 3.05) is 37.4 Å². The number of amides is 2. The smallest absolute Gasteiger partial charge is 0.279 e. The molecule has 0 spiro atoms. The van der Waals surface area contributed by atoms with Crippen LogP contribution >= 0.6 is 0 Å². The standard InChI is InChI=1S/C20H23F2N3O3/c1-3-10-25(12-19(26)23-16-9-8-14(21)11-15(16)22)13-20(27)24-17-6-4-5-7-18(17)28-2/h4-9,11H,3,10,12-13H2,1-2H3,(H,23,26)(H,24,27)/p+1. The van der Waals surface area contributed by atoms with E-state index in [1.165, 1.54) is 7.11 Å². The molecule has 0 radical (unpaired) electrons. The van der Waals surface area contributed by atoms with Gasteiger partial charge in [-0.1, -0.05) is 19.1 Å². The predicted molar refractivity (Wildman–Crippen MR) is 102 cm³/mol. The number of para-hydroxylation sites is 2. The first-order valence-corrected chi connectivity index (χ1v) is 8.94. The number of carbonyl (C=O) groups is 2. The largest absolute Gasteiger partial charge is 0.495 e. The van der Waals surface area contributed by atoms with Gasteiger partial charge in [-0.05, 0) is 30.7 Å². The maximum absolute atomic E-state index is 13.7. The van der Waals surface area contributed by atoms with E-state index in [0.29, 0.717) is 24.0 Å². The van der Waals surface area contributed by atoms with Crippen molar-refractivity contribution in [3.05, 3.63) is 54.1 Å². The van der Waals surface area contributed by atoms with Crippen LogP contribution in [0.2, 0.25) is 0 Å². The summed E-state index contributed by atoms with van der Waals surface area (Å²) >= 11 is 0. The molecule has 0 aromatic heterocycles. The van der Waals surface area contributed by atoms with Gasteiger partial charge in [0.1, 0.15) is 17.4 Å². The lowest BCUT2D eigenvalue weighted by atomic mass is 10.2. The average molecular weight is 392 g/mol. The molecule has 3 N–H and O–H groups in total. The molecule has 0 heterocycles. The predicted octanol–water partition coefficient (Wildman–Crippen LogP) is 1.85. The van der Waals surface area contributed by atoms with Crippen LogP contribution in [0.1, 0.15) is 13.3 Å². The van der Waals surface area contributed by atoms with Crippen LogP contribution in [0, 0.1) is 11.6 Å². The third kappa shape index (κ3) is 6.31. The van der Waals surface area contributed by atoms with Crippen LogP contribution in [0.4, 0.5) is 20.2 Å². The van der Waals surface area contributed by atoms with E-state index in [2.05, 4.69) is 10.6 Å². The number of ether oxygens (including phenoxy) is 1. The molecule has 0 bridgehead atoms. The Labute approximate surface area is 162 Å². The molecule has 0 aliphatic carbocycles. The molecule has 2 aromatic rings. The fourth-order valence-corrected chi connectivity index (χ4v) is 2.77. The Morgan fingerprint density at radius 3 is 2.25 bits per heavy atom. The second-order valence-electron chi connectivity index (χ2n) is 6.27. The molecule has 0 aliphatic heterocycles. The summed E-state index contributed by atoms with van der Waals surface area (Å²) < 4.78 is 31.8. The summed E-state index contributed by atoms with van der Waals surface area (Å²) in [5.41, 5.74) is 0.449. The van der Waals surface area contributed by atoms with Gasteiger partial charge in [0.15, 0.2) is 13.1 Å². The molecule has 2 rings (SSSR count). The number of quaternary nitrogens is 1. The number of anilines is 2. The van der Waals surface area contributed by atoms with Crippen molar-refractivity contribution in [1.29, 1.82) is 0 Å². The van der Waals surface area contributed by atoms with Crippen LogP contribution in [0.3, 0.4) is 0 Å². The molecule has 8 heteroatoms. The number of methoxy groups -OCH3 is 1. The topological polar surface area (TPSA) is 71.9 Å². The van der Waals surface area contributed by atoms with Gasteiger partial charge in [0.25, 0.3) is 11.8 Å². The molecule has 0 aliphatic rings. The van der Waals surface area contributed by atoms with Crippen molar-refractivity contribution in [3.63, 3.8) is 0 Å². The molecular formula is C20H24F2N3O3+. The number of halogens is 2. The summed E-state index contributed by atoms with van der Waals surface area (Å²) in [6, 6.07) is 9.96. The summed E-state index contributed by atoms with van der Waals surface area (Å²) in [5.74, 6) is -1.76. The van der Waals surface area contributed by atoms with Crippen molar-refractivity contribution in [2.24, 2.45) is 0 Å². The van der Waals surface area contributed by atoms with E-state index in [9.17, 15) is 18.4 Å². The van der Waals surface area contributed by atoms with Crippen molar-refractivity contribution < 1.29 is 28.0 Å². The Morgan fingerprint density at radius 2 is 1.64 bits per heavy atom. The van der Waals surface area contributed by atoms with Crippen molar-refractivity contribution >= 4 is 23.2 Å². The Kier molecular flexibility index (Phi) is 7.88. The maximum atomic E-state index is 13.7. The summed E-state index contributed by atoms with van der Waals surface area (Å²) in [7, 11) is 1.51. The van der Waals surface area contributed by atoms with Crippen LogP contribution in [-0.4, -0.2) is 38.6 Å². The molecule has 0 saturated carbocycles. The summed E-state index contributed by atoms with van der Waals surface area (Å²) in [6.07, 6.45) is 0.759. The van der Waals surface area contributed by atoms with E-state index in [1.54, 1.807) is 24.3 Å². The SMILES string of the molecule is CCC[NH+](CC(=O)Nc1ccc(F)cc1F)CC(=O)Nc1ccccc1OC. The zero-order valence-electron chi connectivity index (χ0n) is 15.9. The third-order valence-electron chi connectivity index (χ3n) is 4.01. The molecule has 1 atom stereocenters. The minimum absolute atomic E-state index is 0.0238. The molecule has 28 heavy (non-hydrogen) atoms. The van der Waals surface area contributed by atoms with Gasteiger partial charge in [0.05, 0.1) is 25.0 Å². The quantitative estimate of drug-likeness (QED) is 0.610. The Morgan fingerprint density at radius 1 is 1.00 bits per heavy atom. The van der Waals surface area contributed by atoms with E-state index < -0.39 is 17.5 Å². The number of nitrogens with one attached hydrogen (secondary N) is 3. The minimum atomic E-state index is -0.848. The van der Waals surface area contributed by atoms with Crippen LogP contribution in [0.5, 0.6) is 5.75 Å². The van der Waals surface area contributed by atoms with E-state index >= 15 is 0 Å². The Balaban J connectivity index is 1.96. The van der Waals surface area contributed by atoms with Crippen LogP contribution in [0.15, 0.2) is 42.5 Å². The molecular weight excluding hydrogens is 368 g/mol. The Bertz CT molecular complexity index is 830. The lowest BCUT2D eigenvalue weighted by Gasteiger charge is -2.18. The van der Waals surface area contributed by atoms with Crippen LogP contribution < -0.4 is 20.3 Å². The monoisotopic (exact) mass is 392 g/mol. The lowest BCUT2D eigenvalue weighted by Crippen LogP contribution is -3.14. The molecule has 6 nitrogen and oxygen atoms in total. The zero-order valence-corrected chi connectivity index (χ0v) is 15.9. The van der Waals surface area contributed by atoms with E-state index in [1.807, 2.05) is 6.92 Å². The number of carbonyl (C=O) groups excluding carboxylic acids is 2. The second kappa shape index (κ2) is 10.4.